The number of ether oxygens (including phenoxy) is 1. The number of anilines is 1. The minimum atomic E-state index is -0.0251. The molecule has 1 aliphatic rings. The average Bonchev–Trinajstić information content (AvgIpc) is 3.27. The summed E-state index contributed by atoms with van der Waals surface area (Å²) in [6.07, 6.45) is 6.32. The minimum Gasteiger partial charge on any atom is -0.383 e. The fraction of sp³-hybridized carbons (Fsp3) is 0.350. The summed E-state index contributed by atoms with van der Waals surface area (Å²) in [5.74, 6) is 1.25. The Bertz CT molecular complexity index is 988. The molecule has 4 rings (SSSR count). The van der Waals surface area contributed by atoms with Crippen LogP contribution in [0, 0.1) is 24.2 Å². The second-order valence-corrected chi connectivity index (χ2v) is 6.80. The smallest absolute Gasteiger partial charge is 0.138 e. The number of pyridine rings is 1. The summed E-state index contributed by atoms with van der Waals surface area (Å²) >= 11 is 0. The van der Waals surface area contributed by atoms with Gasteiger partial charge in [-0.3, -0.25) is 4.98 Å². The first-order valence-corrected chi connectivity index (χ1v) is 8.79. The number of rotatable bonds is 4. The van der Waals surface area contributed by atoms with Crippen LogP contribution in [-0.2, 0) is 11.8 Å². The van der Waals surface area contributed by atoms with Gasteiger partial charge in [-0.2, -0.15) is 5.26 Å². The minimum absolute atomic E-state index is 0.0251. The van der Waals surface area contributed by atoms with E-state index in [1.807, 2.05) is 36.9 Å². The molecule has 6 nitrogen and oxygen atoms in total. The fourth-order valence-corrected chi connectivity index (χ4v) is 3.59. The van der Waals surface area contributed by atoms with Gasteiger partial charge < -0.3 is 14.6 Å². The van der Waals surface area contributed by atoms with Gasteiger partial charge >= 0.3 is 0 Å². The van der Waals surface area contributed by atoms with Crippen molar-refractivity contribution in [2.75, 3.05) is 18.5 Å². The van der Waals surface area contributed by atoms with Gasteiger partial charge in [-0.1, -0.05) is 11.6 Å². The zero-order valence-corrected chi connectivity index (χ0v) is 14.9. The lowest BCUT2D eigenvalue weighted by atomic mass is 10.00. The van der Waals surface area contributed by atoms with Gasteiger partial charge in [-0.15, -0.1) is 0 Å². The van der Waals surface area contributed by atoms with Crippen LogP contribution in [-0.4, -0.2) is 27.7 Å². The number of imidazole rings is 1. The van der Waals surface area contributed by atoms with Gasteiger partial charge in [0.2, 0.25) is 0 Å². The van der Waals surface area contributed by atoms with Crippen LogP contribution in [0.25, 0.3) is 10.9 Å². The number of nitrogens with zero attached hydrogens (tertiary/aromatic N) is 4. The van der Waals surface area contributed by atoms with Crippen LogP contribution in [0.1, 0.15) is 29.5 Å². The molecule has 3 heterocycles. The van der Waals surface area contributed by atoms with Gasteiger partial charge in [0.15, 0.2) is 0 Å². The Morgan fingerprint density at radius 3 is 3.04 bits per heavy atom. The first kappa shape index (κ1) is 16.6. The Hall–Kier alpha value is -2.91. The topological polar surface area (TPSA) is 75.8 Å². The molecule has 3 aromatic rings. The highest BCUT2D eigenvalue weighted by atomic mass is 16.5. The molecule has 26 heavy (non-hydrogen) atoms. The van der Waals surface area contributed by atoms with Gasteiger partial charge in [0, 0.05) is 50.1 Å². The average molecular weight is 347 g/mol. The van der Waals surface area contributed by atoms with E-state index < -0.39 is 0 Å². The predicted molar refractivity (Wildman–Crippen MR) is 99.7 cm³/mol. The SMILES string of the molecule is Cc1ccc2ncc(C#N)c(NC[C@@H]3CCO[C@H]3c3nccn3C)c2c1. The van der Waals surface area contributed by atoms with Crippen molar-refractivity contribution < 1.29 is 4.74 Å². The Morgan fingerprint density at radius 1 is 1.38 bits per heavy atom. The van der Waals surface area contributed by atoms with Crippen LogP contribution in [0.5, 0.6) is 0 Å². The van der Waals surface area contributed by atoms with Crippen LogP contribution in [0.4, 0.5) is 5.69 Å². The van der Waals surface area contributed by atoms with Crippen molar-refractivity contribution in [3.63, 3.8) is 0 Å². The Labute approximate surface area is 152 Å². The summed E-state index contributed by atoms with van der Waals surface area (Å²) in [5.41, 5.74) is 3.45. The number of hydrogen-bond donors (Lipinski definition) is 1. The summed E-state index contributed by atoms with van der Waals surface area (Å²) in [4.78, 5) is 8.85. The molecule has 1 aromatic carbocycles. The standard InChI is InChI=1S/C20H21N5O/c1-13-3-4-17-16(9-13)18(15(10-21)12-23-17)24-11-14-5-8-26-19(14)20-22-6-7-25(20)2/h3-4,6-7,9,12,14,19H,5,8,11H2,1-2H3,(H,23,24)/t14-,19+/m0/s1. The third-order valence-corrected chi connectivity index (χ3v) is 5.01. The molecule has 0 amide bonds. The highest BCUT2D eigenvalue weighted by molar-refractivity contribution is 5.94. The van der Waals surface area contributed by atoms with Crippen LogP contribution in [0.3, 0.4) is 0 Å². The molecule has 132 valence electrons. The second kappa shape index (κ2) is 6.77. The first-order valence-electron chi connectivity index (χ1n) is 8.79. The lowest BCUT2D eigenvalue weighted by Crippen LogP contribution is -2.20. The van der Waals surface area contributed by atoms with Crippen LogP contribution in [0.15, 0.2) is 36.8 Å². The Kier molecular flexibility index (Phi) is 4.31. The molecule has 6 heteroatoms. The van der Waals surface area contributed by atoms with Crippen molar-refractivity contribution in [1.82, 2.24) is 14.5 Å². The quantitative estimate of drug-likeness (QED) is 0.783. The number of nitrogens with one attached hydrogen (secondary N) is 1. The monoisotopic (exact) mass is 347 g/mol. The van der Waals surface area contributed by atoms with E-state index in [0.29, 0.717) is 11.5 Å². The largest absolute Gasteiger partial charge is 0.383 e. The van der Waals surface area contributed by atoms with Gasteiger partial charge in [-0.25, -0.2) is 4.98 Å². The normalized spacial score (nSPS) is 19.6. The van der Waals surface area contributed by atoms with E-state index in [9.17, 15) is 5.26 Å². The van der Waals surface area contributed by atoms with E-state index in [-0.39, 0.29) is 6.10 Å². The molecule has 2 atom stereocenters. The van der Waals surface area contributed by atoms with Crippen LogP contribution < -0.4 is 5.32 Å². The van der Waals surface area contributed by atoms with Crippen molar-refractivity contribution in [3.8, 4) is 6.07 Å². The van der Waals surface area contributed by atoms with Crippen molar-refractivity contribution >= 4 is 16.6 Å². The number of hydrogen-bond acceptors (Lipinski definition) is 5. The number of fused-ring (bicyclic) bond motifs is 1. The lowest BCUT2D eigenvalue weighted by molar-refractivity contribution is 0.0839. The van der Waals surface area contributed by atoms with Gasteiger partial charge in [0.05, 0.1) is 16.8 Å². The molecule has 0 unspecified atom stereocenters. The molecular weight excluding hydrogens is 326 g/mol. The predicted octanol–water partition coefficient (Wildman–Crippen LogP) is 3.34. The maximum Gasteiger partial charge on any atom is 0.138 e. The molecule has 1 aliphatic heterocycles. The van der Waals surface area contributed by atoms with E-state index in [1.54, 1.807) is 12.4 Å². The van der Waals surface area contributed by atoms with E-state index >= 15 is 0 Å². The summed E-state index contributed by atoms with van der Waals surface area (Å²) in [5, 5.41) is 14.0. The number of nitriles is 1. The lowest BCUT2D eigenvalue weighted by Gasteiger charge is -2.20. The molecule has 0 bridgehead atoms. The molecular formula is C20H21N5O. The summed E-state index contributed by atoms with van der Waals surface area (Å²) in [6, 6.07) is 8.36. The fourth-order valence-electron chi connectivity index (χ4n) is 3.59. The maximum absolute atomic E-state index is 9.51. The first-order chi connectivity index (χ1) is 12.7. The molecule has 1 saturated heterocycles. The van der Waals surface area contributed by atoms with E-state index in [1.165, 1.54) is 0 Å². The van der Waals surface area contributed by atoms with Crippen LogP contribution in [0.2, 0.25) is 0 Å². The molecule has 0 saturated carbocycles. The molecule has 0 spiro atoms. The van der Waals surface area contributed by atoms with Crippen molar-refractivity contribution in [1.29, 1.82) is 5.26 Å². The summed E-state index contributed by atoms with van der Waals surface area (Å²) in [6.45, 7) is 3.49. The molecule has 0 radical (unpaired) electrons. The number of aromatic nitrogens is 3. The summed E-state index contributed by atoms with van der Waals surface area (Å²) in [7, 11) is 1.99. The van der Waals surface area contributed by atoms with Crippen LogP contribution >= 0.6 is 0 Å². The molecule has 2 aromatic heterocycles. The van der Waals surface area contributed by atoms with Crippen molar-refractivity contribution in [2.24, 2.45) is 13.0 Å². The van der Waals surface area contributed by atoms with E-state index in [0.717, 1.165) is 47.6 Å². The molecule has 0 aliphatic carbocycles. The Morgan fingerprint density at radius 2 is 2.27 bits per heavy atom. The summed E-state index contributed by atoms with van der Waals surface area (Å²) < 4.78 is 7.95. The number of aryl methyl sites for hydroxylation is 2. The molecule has 1 fully saturated rings. The van der Waals surface area contributed by atoms with Gasteiger partial charge in [0.1, 0.15) is 18.0 Å². The third kappa shape index (κ3) is 2.91. The zero-order valence-electron chi connectivity index (χ0n) is 14.9. The zero-order chi connectivity index (χ0) is 18.1. The van der Waals surface area contributed by atoms with Crippen molar-refractivity contribution in [2.45, 2.75) is 19.4 Å². The van der Waals surface area contributed by atoms with Gasteiger partial charge in [0.25, 0.3) is 0 Å². The second-order valence-electron chi connectivity index (χ2n) is 6.80. The van der Waals surface area contributed by atoms with E-state index in [4.69, 9.17) is 4.74 Å². The maximum atomic E-state index is 9.51. The highest BCUT2D eigenvalue weighted by Crippen LogP contribution is 2.34. The van der Waals surface area contributed by atoms with Gasteiger partial charge in [-0.05, 0) is 25.5 Å². The Balaban J connectivity index is 1.62. The highest BCUT2D eigenvalue weighted by Gasteiger charge is 2.32. The molecule has 1 N–H and O–H groups in total. The van der Waals surface area contributed by atoms with Crippen molar-refractivity contribution in [3.05, 3.63) is 53.7 Å². The number of benzene rings is 1. The third-order valence-electron chi connectivity index (χ3n) is 5.01. The van der Waals surface area contributed by atoms with E-state index in [2.05, 4.69) is 27.4 Å².